The van der Waals surface area contributed by atoms with Gasteiger partial charge in [-0.2, -0.15) is 13.2 Å². The summed E-state index contributed by atoms with van der Waals surface area (Å²) in [5.74, 6) is 0.940. The molecule has 1 rings (SSSR count). The highest BCUT2D eigenvalue weighted by Crippen LogP contribution is 2.31. The summed E-state index contributed by atoms with van der Waals surface area (Å²) in [5, 5.41) is 3.06. The molecule has 0 atom stereocenters. The van der Waals surface area contributed by atoms with Crippen molar-refractivity contribution in [2.75, 3.05) is 30.4 Å². The Hall–Kier alpha value is -1.53. The smallest absolute Gasteiger partial charge is 0.370 e. The quantitative estimate of drug-likeness (QED) is 0.897. The Morgan fingerprint density at radius 2 is 1.95 bits per heavy atom. The number of alkyl halides is 3. The van der Waals surface area contributed by atoms with Gasteiger partial charge in [0.25, 0.3) is 0 Å². The number of nitrogens with zero attached hydrogens (tertiary/aromatic N) is 3. The zero-order valence-electron chi connectivity index (χ0n) is 11.5. The van der Waals surface area contributed by atoms with Crippen molar-refractivity contribution >= 4 is 11.6 Å². The Labute approximate surface area is 111 Å². The maximum absolute atomic E-state index is 12.5. The Morgan fingerprint density at radius 3 is 2.42 bits per heavy atom. The summed E-state index contributed by atoms with van der Waals surface area (Å²) in [6.45, 7) is 5.34. The second-order valence-electron chi connectivity index (χ2n) is 4.62. The van der Waals surface area contributed by atoms with E-state index >= 15 is 0 Å². The topological polar surface area (TPSA) is 41.1 Å². The lowest BCUT2D eigenvalue weighted by Gasteiger charge is -2.25. The molecule has 0 unspecified atom stereocenters. The molecule has 0 saturated heterocycles. The lowest BCUT2D eigenvalue weighted by molar-refractivity contribution is -0.119. The van der Waals surface area contributed by atoms with Crippen LogP contribution in [0.15, 0.2) is 6.33 Å². The standard InChI is InChI=1S/C12H19F3N4/c1-5-16-10-9(8(2)3)11(18-7-17-10)19(4)6-12(13,14)15/h7-8H,5-6H2,1-4H3,(H,16,17,18). The summed E-state index contributed by atoms with van der Waals surface area (Å²) in [5.41, 5.74) is 0.705. The first-order chi connectivity index (χ1) is 8.76. The zero-order valence-corrected chi connectivity index (χ0v) is 11.5. The summed E-state index contributed by atoms with van der Waals surface area (Å²) >= 11 is 0. The number of halogens is 3. The molecule has 0 amide bonds. The van der Waals surface area contributed by atoms with Gasteiger partial charge in [0.15, 0.2) is 0 Å². The predicted molar refractivity (Wildman–Crippen MR) is 69.6 cm³/mol. The highest BCUT2D eigenvalue weighted by Gasteiger charge is 2.31. The van der Waals surface area contributed by atoms with Crippen LogP contribution in [0.4, 0.5) is 24.8 Å². The second-order valence-corrected chi connectivity index (χ2v) is 4.62. The van der Waals surface area contributed by atoms with Crippen LogP contribution in [-0.2, 0) is 0 Å². The fraction of sp³-hybridized carbons (Fsp3) is 0.667. The molecule has 0 radical (unpaired) electrons. The molecule has 4 nitrogen and oxygen atoms in total. The van der Waals surface area contributed by atoms with Gasteiger partial charge in [0.05, 0.1) is 0 Å². The third-order valence-corrected chi connectivity index (χ3v) is 2.56. The van der Waals surface area contributed by atoms with E-state index in [9.17, 15) is 13.2 Å². The fourth-order valence-electron chi connectivity index (χ4n) is 1.87. The van der Waals surface area contributed by atoms with Crippen LogP contribution in [0.25, 0.3) is 0 Å². The van der Waals surface area contributed by atoms with Crippen LogP contribution in [0.5, 0.6) is 0 Å². The van der Waals surface area contributed by atoms with Crippen molar-refractivity contribution in [3.8, 4) is 0 Å². The van der Waals surface area contributed by atoms with Gasteiger partial charge < -0.3 is 10.2 Å². The molecule has 0 aromatic carbocycles. The maximum atomic E-state index is 12.5. The molecule has 0 aliphatic carbocycles. The first-order valence-corrected chi connectivity index (χ1v) is 6.13. The average molecular weight is 276 g/mol. The molecule has 1 aromatic heterocycles. The number of hydrogen-bond acceptors (Lipinski definition) is 4. The van der Waals surface area contributed by atoms with Gasteiger partial charge in [-0.1, -0.05) is 13.8 Å². The monoisotopic (exact) mass is 276 g/mol. The van der Waals surface area contributed by atoms with Crippen molar-refractivity contribution in [3.05, 3.63) is 11.9 Å². The largest absolute Gasteiger partial charge is 0.405 e. The van der Waals surface area contributed by atoms with E-state index in [1.165, 1.54) is 13.4 Å². The van der Waals surface area contributed by atoms with Crippen LogP contribution in [-0.4, -0.2) is 36.3 Å². The van der Waals surface area contributed by atoms with Gasteiger partial charge in [-0.05, 0) is 12.8 Å². The van der Waals surface area contributed by atoms with Gasteiger partial charge in [-0.15, -0.1) is 0 Å². The molecular weight excluding hydrogens is 257 g/mol. The maximum Gasteiger partial charge on any atom is 0.405 e. The minimum atomic E-state index is -4.26. The first kappa shape index (κ1) is 15.5. The van der Waals surface area contributed by atoms with Gasteiger partial charge in [-0.3, -0.25) is 0 Å². The molecule has 0 fully saturated rings. The van der Waals surface area contributed by atoms with Crippen molar-refractivity contribution in [1.29, 1.82) is 0 Å². The van der Waals surface area contributed by atoms with Gasteiger partial charge in [0.2, 0.25) is 0 Å². The summed E-state index contributed by atoms with van der Waals surface area (Å²) in [6.07, 6.45) is -2.97. The van der Waals surface area contributed by atoms with Crippen molar-refractivity contribution in [2.45, 2.75) is 32.9 Å². The van der Waals surface area contributed by atoms with Crippen LogP contribution >= 0.6 is 0 Å². The Morgan fingerprint density at radius 1 is 1.32 bits per heavy atom. The number of aromatic nitrogens is 2. The lowest BCUT2D eigenvalue weighted by atomic mass is 10.0. The van der Waals surface area contributed by atoms with E-state index in [4.69, 9.17) is 0 Å². The molecule has 0 aliphatic heterocycles. The van der Waals surface area contributed by atoms with Gasteiger partial charge in [0.1, 0.15) is 24.5 Å². The number of rotatable bonds is 5. The number of nitrogens with one attached hydrogen (secondary N) is 1. The molecule has 1 aromatic rings. The van der Waals surface area contributed by atoms with Crippen molar-refractivity contribution in [1.82, 2.24) is 9.97 Å². The van der Waals surface area contributed by atoms with Crippen LogP contribution < -0.4 is 10.2 Å². The van der Waals surface area contributed by atoms with E-state index < -0.39 is 12.7 Å². The minimum absolute atomic E-state index is 0.0286. The van der Waals surface area contributed by atoms with E-state index in [1.807, 2.05) is 20.8 Å². The number of anilines is 2. The summed E-state index contributed by atoms with van der Waals surface area (Å²) in [7, 11) is 1.39. The van der Waals surface area contributed by atoms with Crippen LogP contribution in [0.3, 0.4) is 0 Å². The lowest BCUT2D eigenvalue weighted by Crippen LogP contribution is -2.32. The SMILES string of the molecule is CCNc1ncnc(N(C)CC(F)(F)F)c1C(C)C. The van der Waals surface area contributed by atoms with Crippen LogP contribution in [0.2, 0.25) is 0 Å². The van der Waals surface area contributed by atoms with Crippen molar-refractivity contribution in [2.24, 2.45) is 0 Å². The van der Waals surface area contributed by atoms with Crippen molar-refractivity contribution < 1.29 is 13.2 Å². The van der Waals surface area contributed by atoms with E-state index in [0.717, 1.165) is 4.90 Å². The first-order valence-electron chi connectivity index (χ1n) is 6.13. The van der Waals surface area contributed by atoms with E-state index in [1.54, 1.807) is 0 Å². The highest BCUT2D eigenvalue weighted by atomic mass is 19.4. The van der Waals surface area contributed by atoms with Crippen LogP contribution in [0.1, 0.15) is 32.3 Å². The average Bonchev–Trinajstić information content (AvgIpc) is 2.26. The molecule has 0 spiro atoms. The molecule has 1 heterocycles. The summed E-state index contributed by atoms with van der Waals surface area (Å²) in [6, 6.07) is 0. The highest BCUT2D eigenvalue weighted by molar-refractivity contribution is 5.60. The number of hydrogen-bond donors (Lipinski definition) is 1. The molecule has 0 saturated carbocycles. The molecule has 19 heavy (non-hydrogen) atoms. The summed E-state index contributed by atoms with van der Waals surface area (Å²) < 4.78 is 37.4. The Bertz CT molecular complexity index is 418. The van der Waals surface area contributed by atoms with Gasteiger partial charge in [0, 0.05) is 19.2 Å². The molecule has 108 valence electrons. The third kappa shape index (κ3) is 4.25. The molecular formula is C12H19F3N4. The molecule has 0 aliphatic rings. The van der Waals surface area contributed by atoms with Crippen molar-refractivity contribution in [3.63, 3.8) is 0 Å². The van der Waals surface area contributed by atoms with Crippen LogP contribution in [0, 0.1) is 0 Å². The second kappa shape index (κ2) is 6.08. The van der Waals surface area contributed by atoms with Gasteiger partial charge >= 0.3 is 6.18 Å². The Kier molecular flexibility index (Phi) is 4.97. The zero-order chi connectivity index (χ0) is 14.6. The fourth-order valence-corrected chi connectivity index (χ4v) is 1.87. The van der Waals surface area contributed by atoms with E-state index in [-0.39, 0.29) is 5.92 Å². The van der Waals surface area contributed by atoms with E-state index in [2.05, 4.69) is 15.3 Å². The molecule has 1 N–H and O–H groups in total. The predicted octanol–water partition coefficient (Wildman–Crippen LogP) is 3.03. The molecule has 0 bridgehead atoms. The molecule has 7 heteroatoms. The Balaban J connectivity index is 3.15. The normalized spacial score (nSPS) is 11.8. The summed E-state index contributed by atoms with van der Waals surface area (Å²) in [4.78, 5) is 9.21. The minimum Gasteiger partial charge on any atom is -0.370 e. The van der Waals surface area contributed by atoms with E-state index in [0.29, 0.717) is 23.7 Å². The third-order valence-electron chi connectivity index (χ3n) is 2.56. The van der Waals surface area contributed by atoms with Gasteiger partial charge in [-0.25, -0.2) is 9.97 Å².